The molecule has 1 N–H and O–H groups in total. The molecule has 0 atom stereocenters. The van der Waals surface area contributed by atoms with E-state index in [9.17, 15) is 9.18 Å². The Hall–Kier alpha value is -1.82. The monoisotopic (exact) mass is 295 g/mol. The van der Waals surface area contributed by atoms with Gasteiger partial charge in [0.25, 0.3) is 5.91 Å². The summed E-state index contributed by atoms with van der Waals surface area (Å²) in [5.41, 5.74) is 0.145. The van der Waals surface area contributed by atoms with Gasteiger partial charge < -0.3 is 5.32 Å². The fourth-order valence-corrected chi connectivity index (χ4v) is 1.55. The fourth-order valence-electron chi connectivity index (χ4n) is 1.20. The highest BCUT2D eigenvalue weighted by Crippen LogP contribution is 2.11. The van der Waals surface area contributed by atoms with Gasteiger partial charge in [-0.3, -0.25) is 9.78 Å². The zero-order valence-electron chi connectivity index (χ0n) is 8.52. The Balaban J connectivity index is 2.17. The number of hydrogen-bond acceptors (Lipinski definition) is 3. The molecule has 0 saturated carbocycles. The highest BCUT2D eigenvalue weighted by atomic mass is 79.9. The second-order valence-electron chi connectivity index (χ2n) is 3.19. The molecule has 0 spiro atoms. The molecule has 1 amide bonds. The molecule has 0 radical (unpaired) electrons. The molecule has 0 bridgehead atoms. The fraction of sp³-hybridized carbons (Fsp3) is 0. The van der Waals surface area contributed by atoms with E-state index < -0.39 is 11.7 Å². The van der Waals surface area contributed by atoms with Gasteiger partial charge in [-0.1, -0.05) is 6.07 Å². The average Bonchev–Trinajstić information content (AvgIpc) is 2.29. The SMILES string of the molecule is O=C(Nc1cccc(Br)n1)c1cncc(F)c1. The van der Waals surface area contributed by atoms with E-state index >= 15 is 0 Å². The molecular weight excluding hydrogens is 289 g/mol. The van der Waals surface area contributed by atoms with Gasteiger partial charge in [0.05, 0.1) is 11.8 Å². The number of amides is 1. The molecule has 17 heavy (non-hydrogen) atoms. The molecule has 86 valence electrons. The minimum atomic E-state index is -0.556. The van der Waals surface area contributed by atoms with Crippen LogP contribution in [-0.4, -0.2) is 15.9 Å². The second kappa shape index (κ2) is 5.01. The van der Waals surface area contributed by atoms with Crippen molar-refractivity contribution < 1.29 is 9.18 Å². The summed E-state index contributed by atoms with van der Waals surface area (Å²) in [4.78, 5) is 19.3. The van der Waals surface area contributed by atoms with Crippen molar-refractivity contribution in [3.8, 4) is 0 Å². The highest BCUT2D eigenvalue weighted by molar-refractivity contribution is 9.10. The molecule has 6 heteroatoms. The number of aromatic nitrogens is 2. The molecule has 0 saturated heterocycles. The van der Waals surface area contributed by atoms with E-state index in [-0.39, 0.29) is 5.56 Å². The average molecular weight is 296 g/mol. The zero-order chi connectivity index (χ0) is 12.3. The van der Waals surface area contributed by atoms with Crippen molar-refractivity contribution in [2.24, 2.45) is 0 Å². The van der Waals surface area contributed by atoms with Crippen LogP contribution < -0.4 is 5.32 Å². The number of halogens is 2. The summed E-state index contributed by atoms with van der Waals surface area (Å²) < 4.78 is 13.5. The van der Waals surface area contributed by atoms with E-state index in [1.54, 1.807) is 18.2 Å². The topological polar surface area (TPSA) is 54.9 Å². The molecule has 4 nitrogen and oxygen atoms in total. The summed E-state index contributed by atoms with van der Waals surface area (Å²) in [6, 6.07) is 6.21. The van der Waals surface area contributed by atoms with Crippen molar-refractivity contribution in [3.63, 3.8) is 0 Å². The van der Waals surface area contributed by atoms with Crippen LogP contribution in [0.2, 0.25) is 0 Å². The zero-order valence-corrected chi connectivity index (χ0v) is 10.1. The summed E-state index contributed by atoms with van der Waals surface area (Å²) in [5, 5.41) is 2.54. The third-order valence-electron chi connectivity index (χ3n) is 1.92. The molecule has 2 aromatic heterocycles. The predicted molar refractivity (Wildman–Crippen MR) is 64.1 cm³/mol. The first-order valence-corrected chi connectivity index (χ1v) is 5.49. The van der Waals surface area contributed by atoms with E-state index in [0.717, 1.165) is 12.3 Å². The van der Waals surface area contributed by atoms with E-state index in [0.29, 0.717) is 10.4 Å². The van der Waals surface area contributed by atoms with Crippen molar-refractivity contribution in [2.45, 2.75) is 0 Å². The van der Waals surface area contributed by atoms with E-state index in [2.05, 4.69) is 31.2 Å². The number of rotatable bonds is 2. The standard InChI is InChI=1S/C11H7BrFN3O/c12-9-2-1-3-10(15-9)16-11(17)7-4-8(13)6-14-5-7/h1-6H,(H,15,16,17). The van der Waals surface area contributed by atoms with E-state index in [4.69, 9.17) is 0 Å². The normalized spacial score (nSPS) is 10.0. The Bertz CT molecular complexity index is 562. The van der Waals surface area contributed by atoms with Crippen LogP contribution in [0.4, 0.5) is 10.2 Å². The third kappa shape index (κ3) is 3.07. The summed E-state index contributed by atoms with van der Waals surface area (Å²) in [7, 11) is 0. The smallest absolute Gasteiger partial charge is 0.258 e. The predicted octanol–water partition coefficient (Wildman–Crippen LogP) is 2.63. The molecule has 0 aliphatic carbocycles. The van der Waals surface area contributed by atoms with Crippen molar-refractivity contribution >= 4 is 27.7 Å². The number of pyridine rings is 2. The van der Waals surface area contributed by atoms with Crippen molar-refractivity contribution in [1.29, 1.82) is 0 Å². The molecule has 2 heterocycles. The van der Waals surface area contributed by atoms with Crippen LogP contribution in [0.5, 0.6) is 0 Å². The van der Waals surface area contributed by atoms with Crippen LogP contribution >= 0.6 is 15.9 Å². The summed E-state index contributed by atoms with van der Waals surface area (Å²) in [6.07, 6.45) is 2.32. The number of hydrogen-bond donors (Lipinski definition) is 1. The molecule has 2 rings (SSSR count). The van der Waals surface area contributed by atoms with Gasteiger partial charge in [0, 0.05) is 6.20 Å². The van der Waals surface area contributed by atoms with Gasteiger partial charge in [0.1, 0.15) is 16.2 Å². The summed E-state index contributed by atoms with van der Waals surface area (Å²) in [6.45, 7) is 0. The van der Waals surface area contributed by atoms with Gasteiger partial charge in [-0.25, -0.2) is 9.37 Å². The molecule has 2 aromatic rings. The maximum absolute atomic E-state index is 12.9. The van der Waals surface area contributed by atoms with Crippen LogP contribution in [0.15, 0.2) is 41.3 Å². The Labute approximate surface area is 105 Å². The Morgan fingerprint density at radius 1 is 1.35 bits per heavy atom. The third-order valence-corrected chi connectivity index (χ3v) is 2.37. The molecule has 0 fully saturated rings. The lowest BCUT2D eigenvalue weighted by molar-refractivity contribution is 0.102. The van der Waals surface area contributed by atoms with Gasteiger partial charge in [0.15, 0.2) is 0 Å². The van der Waals surface area contributed by atoms with Crippen LogP contribution in [-0.2, 0) is 0 Å². The Morgan fingerprint density at radius 2 is 2.18 bits per heavy atom. The largest absolute Gasteiger partial charge is 0.306 e. The number of nitrogens with zero attached hydrogens (tertiary/aromatic N) is 2. The van der Waals surface area contributed by atoms with Crippen molar-refractivity contribution in [2.75, 3.05) is 5.32 Å². The van der Waals surface area contributed by atoms with Gasteiger partial charge in [-0.2, -0.15) is 0 Å². The number of carbonyl (C=O) groups is 1. The Kier molecular flexibility index (Phi) is 3.43. The van der Waals surface area contributed by atoms with Crippen LogP contribution in [0.1, 0.15) is 10.4 Å². The molecule has 0 aliphatic heterocycles. The lowest BCUT2D eigenvalue weighted by Gasteiger charge is -2.04. The maximum Gasteiger partial charge on any atom is 0.258 e. The Morgan fingerprint density at radius 3 is 2.88 bits per heavy atom. The maximum atomic E-state index is 12.9. The first kappa shape index (κ1) is 11.7. The lowest BCUT2D eigenvalue weighted by atomic mass is 10.2. The van der Waals surface area contributed by atoms with Crippen molar-refractivity contribution in [3.05, 3.63) is 52.6 Å². The number of nitrogens with one attached hydrogen (secondary N) is 1. The van der Waals surface area contributed by atoms with Gasteiger partial charge in [-0.05, 0) is 34.1 Å². The minimum absolute atomic E-state index is 0.145. The van der Waals surface area contributed by atoms with Crippen LogP contribution in [0.3, 0.4) is 0 Å². The van der Waals surface area contributed by atoms with E-state index in [1.807, 2.05) is 0 Å². The molecule has 0 aromatic carbocycles. The van der Waals surface area contributed by atoms with Gasteiger partial charge in [-0.15, -0.1) is 0 Å². The lowest BCUT2D eigenvalue weighted by Crippen LogP contribution is -2.13. The van der Waals surface area contributed by atoms with Crippen LogP contribution in [0, 0.1) is 5.82 Å². The van der Waals surface area contributed by atoms with Gasteiger partial charge >= 0.3 is 0 Å². The molecular formula is C11H7BrFN3O. The molecule has 0 unspecified atom stereocenters. The number of carbonyl (C=O) groups excluding carboxylic acids is 1. The number of anilines is 1. The van der Waals surface area contributed by atoms with Crippen LogP contribution in [0.25, 0.3) is 0 Å². The minimum Gasteiger partial charge on any atom is -0.306 e. The highest BCUT2D eigenvalue weighted by Gasteiger charge is 2.08. The quantitative estimate of drug-likeness (QED) is 0.867. The second-order valence-corrected chi connectivity index (χ2v) is 4.00. The van der Waals surface area contributed by atoms with Crippen molar-refractivity contribution in [1.82, 2.24) is 9.97 Å². The van der Waals surface area contributed by atoms with E-state index in [1.165, 1.54) is 6.20 Å². The summed E-state index contributed by atoms with van der Waals surface area (Å²) >= 11 is 3.19. The first-order chi connectivity index (χ1) is 8.15. The molecule has 0 aliphatic rings. The first-order valence-electron chi connectivity index (χ1n) is 4.69. The van der Waals surface area contributed by atoms with Gasteiger partial charge in [0.2, 0.25) is 0 Å². The summed E-state index contributed by atoms with van der Waals surface area (Å²) in [5.74, 6) is -0.629.